The van der Waals surface area contributed by atoms with Gasteiger partial charge in [-0.1, -0.05) is 30.0 Å². The second-order valence-corrected chi connectivity index (χ2v) is 3.24. The molecule has 1 aromatic carbocycles. The van der Waals surface area contributed by atoms with Crippen LogP contribution in [-0.4, -0.2) is 17.4 Å². The second-order valence-electron chi connectivity index (χ2n) is 2.47. The molecule has 0 saturated heterocycles. The molecule has 0 aliphatic rings. The minimum atomic E-state index is 0. The molecular weight excluding hydrogens is 323 g/mol. The number of benzene rings is 1. The minimum Gasteiger partial charge on any atom is -0.370 e. The van der Waals surface area contributed by atoms with Crippen LogP contribution in [0.4, 0.5) is 5.69 Å². The van der Waals surface area contributed by atoms with Crippen molar-refractivity contribution in [1.82, 2.24) is 0 Å². The molecule has 0 aliphatic heterocycles. The summed E-state index contributed by atoms with van der Waals surface area (Å²) >= 11 is 1.40. The lowest BCUT2D eigenvalue weighted by Gasteiger charge is -1.97. The van der Waals surface area contributed by atoms with E-state index in [1.807, 2.05) is 36.6 Å². The lowest BCUT2D eigenvalue weighted by Crippen LogP contribution is -2.23. The number of halogens is 1. The van der Waals surface area contributed by atoms with Crippen LogP contribution in [-0.2, 0) is 0 Å². The summed E-state index contributed by atoms with van der Waals surface area (Å²) in [5.74, 6) is 0.0223. The van der Waals surface area contributed by atoms with Gasteiger partial charge in [-0.3, -0.25) is 0 Å². The van der Waals surface area contributed by atoms with Gasteiger partial charge in [0, 0.05) is 0 Å². The summed E-state index contributed by atoms with van der Waals surface area (Å²) in [6, 6.07) is 9.52. The van der Waals surface area contributed by atoms with Crippen molar-refractivity contribution in [2.24, 2.45) is 21.5 Å². The number of aliphatic imine (C=N–C) groups is 2. The lowest BCUT2D eigenvalue weighted by molar-refractivity contribution is 1.46. The highest BCUT2D eigenvalue weighted by molar-refractivity contribution is 14.0. The molecule has 0 fully saturated rings. The molecule has 0 atom stereocenters. The highest BCUT2D eigenvalue weighted by Crippen LogP contribution is 2.13. The van der Waals surface area contributed by atoms with Crippen molar-refractivity contribution in [2.45, 2.75) is 0 Å². The Morgan fingerprint density at radius 3 is 2.27 bits per heavy atom. The maximum atomic E-state index is 5.26. The van der Waals surface area contributed by atoms with Gasteiger partial charge in [0.1, 0.15) is 0 Å². The van der Waals surface area contributed by atoms with Gasteiger partial charge < -0.3 is 11.5 Å². The van der Waals surface area contributed by atoms with Crippen LogP contribution in [0.1, 0.15) is 0 Å². The zero-order chi connectivity index (χ0) is 10.4. The van der Waals surface area contributed by atoms with Crippen molar-refractivity contribution >= 4 is 52.6 Å². The largest absolute Gasteiger partial charge is 0.370 e. The van der Waals surface area contributed by atoms with Crippen LogP contribution in [0.2, 0.25) is 0 Å². The van der Waals surface area contributed by atoms with Crippen molar-refractivity contribution in [3.05, 3.63) is 30.3 Å². The fourth-order valence-corrected chi connectivity index (χ4v) is 1.23. The van der Waals surface area contributed by atoms with Crippen molar-refractivity contribution in [1.29, 1.82) is 0 Å². The number of guanidine groups is 1. The summed E-state index contributed by atoms with van der Waals surface area (Å²) in [7, 11) is 0. The summed E-state index contributed by atoms with van der Waals surface area (Å²) in [6.45, 7) is 0. The van der Waals surface area contributed by atoms with Gasteiger partial charge in [-0.2, -0.15) is 4.99 Å². The van der Waals surface area contributed by atoms with Crippen LogP contribution < -0.4 is 11.5 Å². The molecule has 0 bridgehead atoms. The lowest BCUT2D eigenvalue weighted by atomic mass is 10.3. The Kier molecular flexibility index (Phi) is 7.14. The van der Waals surface area contributed by atoms with E-state index in [0.717, 1.165) is 5.69 Å². The monoisotopic (exact) mass is 336 g/mol. The van der Waals surface area contributed by atoms with Crippen molar-refractivity contribution in [3.63, 3.8) is 0 Å². The number of amidine groups is 1. The first-order chi connectivity index (χ1) is 6.72. The Balaban J connectivity index is 0.00000196. The van der Waals surface area contributed by atoms with E-state index in [1.54, 1.807) is 0 Å². The first-order valence-corrected chi connectivity index (χ1v) is 5.22. The quantitative estimate of drug-likeness (QED) is 0.467. The van der Waals surface area contributed by atoms with Crippen LogP contribution in [0.5, 0.6) is 0 Å². The molecule has 0 heterocycles. The fraction of sp³-hybridized carbons (Fsp3) is 0.111. The molecule has 0 amide bonds. The number of hydrogen-bond donors (Lipinski definition) is 2. The predicted molar refractivity (Wildman–Crippen MR) is 78.3 cm³/mol. The summed E-state index contributed by atoms with van der Waals surface area (Å²) in [5.41, 5.74) is 11.3. The van der Waals surface area contributed by atoms with Crippen LogP contribution in [0, 0.1) is 0 Å². The Labute approximate surface area is 110 Å². The molecule has 0 spiro atoms. The topological polar surface area (TPSA) is 76.8 Å². The van der Waals surface area contributed by atoms with Crippen molar-refractivity contribution in [2.75, 3.05) is 6.26 Å². The van der Waals surface area contributed by atoms with Crippen molar-refractivity contribution in [3.8, 4) is 0 Å². The molecule has 82 valence electrons. The summed E-state index contributed by atoms with van der Waals surface area (Å²) in [6.07, 6.45) is 1.87. The van der Waals surface area contributed by atoms with Gasteiger partial charge in [0.05, 0.1) is 5.69 Å². The van der Waals surface area contributed by atoms with E-state index in [-0.39, 0.29) is 29.9 Å². The standard InChI is InChI=1S/C9H12N4S.HI/c1-14-9(13-8(10)11)12-7-5-3-2-4-6-7;/h2-6H,1H3,(H4,10,11,12,13);1H. The first kappa shape index (κ1) is 14.2. The van der Waals surface area contributed by atoms with E-state index in [2.05, 4.69) is 9.98 Å². The predicted octanol–water partition coefficient (Wildman–Crippen LogP) is 1.93. The normalized spacial score (nSPS) is 10.3. The third-order valence-corrected chi connectivity index (χ3v) is 1.94. The van der Waals surface area contributed by atoms with Gasteiger partial charge >= 0.3 is 0 Å². The maximum absolute atomic E-state index is 5.26. The molecular formula is C9H13IN4S. The zero-order valence-corrected chi connectivity index (χ0v) is 11.4. The van der Waals surface area contributed by atoms with E-state index in [0.29, 0.717) is 5.17 Å². The van der Waals surface area contributed by atoms with Crippen LogP contribution in [0.3, 0.4) is 0 Å². The van der Waals surface area contributed by atoms with Crippen LogP contribution in [0.25, 0.3) is 0 Å². The third kappa shape index (κ3) is 5.63. The van der Waals surface area contributed by atoms with E-state index in [1.165, 1.54) is 11.8 Å². The molecule has 1 aromatic rings. The van der Waals surface area contributed by atoms with Crippen LogP contribution >= 0.6 is 35.7 Å². The number of rotatable bonds is 1. The highest BCUT2D eigenvalue weighted by Gasteiger charge is 1.95. The van der Waals surface area contributed by atoms with E-state index in [4.69, 9.17) is 11.5 Å². The molecule has 0 unspecified atom stereocenters. The molecule has 0 aromatic heterocycles. The van der Waals surface area contributed by atoms with Gasteiger partial charge in [-0.15, -0.1) is 24.0 Å². The molecule has 0 aliphatic carbocycles. The Hall–Kier alpha value is -0.760. The first-order valence-electron chi connectivity index (χ1n) is 3.99. The second kappa shape index (κ2) is 7.52. The van der Waals surface area contributed by atoms with Gasteiger partial charge in [0.15, 0.2) is 11.1 Å². The van der Waals surface area contributed by atoms with E-state index >= 15 is 0 Å². The fourth-order valence-electron chi connectivity index (χ4n) is 0.840. The Morgan fingerprint density at radius 1 is 1.20 bits per heavy atom. The molecule has 6 heteroatoms. The molecule has 1 rings (SSSR count). The van der Waals surface area contributed by atoms with Gasteiger partial charge in [0.2, 0.25) is 0 Å². The van der Waals surface area contributed by atoms with Gasteiger partial charge in [0.25, 0.3) is 0 Å². The zero-order valence-electron chi connectivity index (χ0n) is 8.25. The Morgan fingerprint density at radius 2 is 1.80 bits per heavy atom. The van der Waals surface area contributed by atoms with E-state index < -0.39 is 0 Å². The van der Waals surface area contributed by atoms with Gasteiger partial charge in [-0.05, 0) is 18.4 Å². The number of para-hydroxylation sites is 1. The number of thioether (sulfide) groups is 1. The molecule has 0 saturated carbocycles. The smallest absolute Gasteiger partial charge is 0.193 e. The summed E-state index contributed by atoms with van der Waals surface area (Å²) < 4.78 is 0. The molecule has 4 nitrogen and oxygen atoms in total. The van der Waals surface area contributed by atoms with Crippen molar-refractivity contribution < 1.29 is 0 Å². The SMILES string of the molecule is CSC(N=C(N)N)=Nc1ccccc1.I. The minimum absolute atomic E-state index is 0. The van der Waals surface area contributed by atoms with Crippen LogP contribution in [0.15, 0.2) is 40.3 Å². The average Bonchev–Trinajstić information content (AvgIpc) is 2.17. The maximum Gasteiger partial charge on any atom is 0.193 e. The number of hydrogen-bond acceptors (Lipinski definition) is 2. The molecule has 15 heavy (non-hydrogen) atoms. The summed E-state index contributed by atoms with van der Waals surface area (Å²) in [4.78, 5) is 8.13. The Bertz CT molecular complexity index is 346. The number of nitrogens with zero attached hydrogens (tertiary/aromatic N) is 2. The summed E-state index contributed by atoms with van der Waals surface area (Å²) in [5, 5.41) is 0.552. The molecule has 0 radical (unpaired) electrons. The third-order valence-electron chi connectivity index (χ3n) is 1.39. The highest BCUT2D eigenvalue weighted by atomic mass is 127. The molecule has 4 N–H and O–H groups in total. The van der Waals surface area contributed by atoms with Gasteiger partial charge in [-0.25, -0.2) is 4.99 Å². The van der Waals surface area contributed by atoms with E-state index in [9.17, 15) is 0 Å². The number of nitrogens with two attached hydrogens (primary N) is 2. The average molecular weight is 336 g/mol.